The van der Waals surface area contributed by atoms with Gasteiger partial charge in [-0.2, -0.15) is 0 Å². The summed E-state index contributed by atoms with van der Waals surface area (Å²) in [6.45, 7) is 4.53. The molecule has 0 saturated heterocycles. The molecule has 0 aromatic carbocycles. The van der Waals surface area contributed by atoms with E-state index < -0.39 is 0 Å². The first-order valence-corrected chi connectivity index (χ1v) is 5.55. The Morgan fingerprint density at radius 1 is 1.12 bits per heavy atom. The summed E-state index contributed by atoms with van der Waals surface area (Å²) >= 11 is 0. The lowest BCUT2D eigenvalue weighted by atomic mass is 9.84. The second-order valence-corrected chi connectivity index (χ2v) is 4.98. The van der Waals surface area contributed by atoms with Gasteiger partial charge in [0.05, 0.1) is 0 Å². The normalized spacial score (nSPS) is 15.7. The van der Waals surface area contributed by atoms with Crippen molar-refractivity contribution in [3.05, 3.63) is 48.0 Å². The number of pyridine rings is 2. The summed E-state index contributed by atoms with van der Waals surface area (Å²) in [4.78, 5) is 4.25. The van der Waals surface area contributed by atoms with Crippen LogP contribution in [0.1, 0.15) is 25.0 Å². The summed E-state index contributed by atoms with van der Waals surface area (Å²) in [6, 6.07) is 4.31. The third-order valence-corrected chi connectivity index (χ3v) is 3.56. The molecule has 80 valence electrons. The fourth-order valence-corrected chi connectivity index (χ4v) is 2.60. The van der Waals surface area contributed by atoms with E-state index in [0.29, 0.717) is 0 Å². The van der Waals surface area contributed by atoms with Gasteiger partial charge in [-0.15, -0.1) is 0 Å². The SMILES string of the molecule is C[n+]1ccc2c(c1)C(C)(C)c1cnccc1-2. The monoisotopic (exact) mass is 211 g/mol. The molecule has 2 heteroatoms. The minimum absolute atomic E-state index is 0.0674. The molecule has 1 aliphatic carbocycles. The molecular formula is C14H15N2+. The van der Waals surface area contributed by atoms with Crippen LogP contribution in [0, 0.1) is 0 Å². The molecule has 2 aromatic heterocycles. The van der Waals surface area contributed by atoms with Crippen LogP contribution >= 0.6 is 0 Å². The Morgan fingerprint density at radius 3 is 2.69 bits per heavy atom. The van der Waals surface area contributed by atoms with Crippen molar-refractivity contribution in [1.82, 2.24) is 4.98 Å². The van der Waals surface area contributed by atoms with E-state index in [1.807, 2.05) is 12.4 Å². The lowest BCUT2D eigenvalue weighted by molar-refractivity contribution is -0.671. The van der Waals surface area contributed by atoms with Gasteiger partial charge in [-0.05, 0) is 22.8 Å². The summed E-state index contributed by atoms with van der Waals surface area (Å²) in [5, 5.41) is 0. The zero-order valence-corrected chi connectivity index (χ0v) is 9.86. The maximum Gasteiger partial charge on any atom is 0.173 e. The summed E-state index contributed by atoms with van der Waals surface area (Å²) in [5.74, 6) is 0. The maximum absolute atomic E-state index is 4.25. The lowest BCUT2D eigenvalue weighted by Gasteiger charge is -2.19. The third-order valence-electron chi connectivity index (χ3n) is 3.56. The summed E-state index contributed by atoms with van der Waals surface area (Å²) in [7, 11) is 2.07. The highest BCUT2D eigenvalue weighted by atomic mass is 14.9. The molecule has 0 fully saturated rings. The molecule has 0 aliphatic heterocycles. The molecule has 0 unspecified atom stereocenters. The number of nitrogens with zero attached hydrogens (tertiary/aromatic N) is 2. The topological polar surface area (TPSA) is 16.8 Å². The summed E-state index contributed by atoms with van der Waals surface area (Å²) in [6.07, 6.45) is 8.19. The average Bonchev–Trinajstić information content (AvgIpc) is 2.49. The highest BCUT2D eigenvalue weighted by Gasteiger charge is 2.37. The van der Waals surface area contributed by atoms with E-state index >= 15 is 0 Å². The van der Waals surface area contributed by atoms with Gasteiger partial charge in [0.25, 0.3) is 0 Å². The highest BCUT2D eigenvalue weighted by molar-refractivity contribution is 5.79. The second-order valence-electron chi connectivity index (χ2n) is 4.98. The standard InChI is InChI=1S/C14H15N2/c1-14(2)12-8-15-6-4-10(12)11-5-7-16(3)9-13(11)14/h4-9H,1-3H3/q+1. The Hall–Kier alpha value is -1.70. The smallest absolute Gasteiger partial charge is 0.173 e. The average molecular weight is 211 g/mol. The highest BCUT2D eigenvalue weighted by Crippen LogP contribution is 2.47. The van der Waals surface area contributed by atoms with Crippen LogP contribution < -0.4 is 4.57 Å². The van der Waals surface area contributed by atoms with Crippen LogP contribution in [0.25, 0.3) is 11.1 Å². The Balaban J connectivity index is 2.39. The molecule has 16 heavy (non-hydrogen) atoms. The third kappa shape index (κ3) is 1.07. The minimum atomic E-state index is 0.0674. The molecule has 0 amide bonds. The number of hydrogen-bond donors (Lipinski definition) is 0. The van der Waals surface area contributed by atoms with Crippen LogP contribution in [0.4, 0.5) is 0 Å². The number of hydrogen-bond acceptors (Lipinski definition) is 1. The van der Waals surface area contributed by atoms with Gasteiger partial charge in [-0.3, -0.25) is 4.98 Å². The molecule has 0 atom stereocenters. The number of rotatable bonds is 0. The van der Waals surface area contributed by atoms with E-state index in [0.717, 1.165) is 0 Å². The van der Waals surface area contributed by atoms with Crippen LogP contribution in [0.3, 0.4) is 0 Å². The van der Waals surface area contributed by atoms with Crippen molar-refractivity contribution in [2.45, 2.75) is 19.3 Å². The first-order valence-electron chi connectivity index (χ1n) is 5.55. The second kappa shape index (κ2) is 2.91. The fourth-order valence-electron chi connectivity index (χ4n) is 2.60. The largest absolute Gasteiger partial charge is 0.264 e. The van der Waals surface area contributed by atoms with E-state index in [9.17, 15) is 0 Å². The summed E-state index contributed by atoms with van der Waals surface area (Å²) in [5.41, 5.74) is 5.46. The zero-order valence-electron chi connectivity index (χ0n) is 9.86. The van der Waals surface area contributed by atoms with Crippen LogP contribution in [0.2, 0.25) is 0 Å². The predicted octanol–water partition coefficient (Wildman–Crippen LogP) is 2.21. The van der Waals surface area contributed by atoms with Gasteiger partial charge in [-0.1, -0.05) is 13.8 Å². The van der Waals surface area contributed by atoms with Gasteiger partial charge in [0.15, 0.2) is 12.4 Å². The molecule has 0 spiro atoms. The van der Waals surface area contributed by atoms with E-state index in [4.69, 9.17) is 0 Å². The van der Waals surface area contributed by atoms with Gasteiger partial charge in [0.1, 0.15) is 7.05 Å². The lowest BCUT2D eigenvalue weighted by Crippen LogP contribution is -2.29. The van der Waals surface area contributed by atoms with Crippen LogP contribution in [-0.2, 0) is 12.5 Å². The molecule has 2 nitrogen and oxygen atoms in total. The molecule has 2 heterocycles. The van der Waals surface area contributed by atoms with E-state index in [2.05, 4.69) is 55.0 Å². The first kappa shape index (κ1) is 9.52. The van der Waals surface area contributed by atoms with Gasteiger partial charge in [0.2, 0.25) is 0 Å². The van der Waals surface area contributed by atoms with Crippen molar-refractivity contribution in [3.8, 4) is 11.1 Å². The van der Waals surface area contributed by atoms with Crippen molar-refractivity contribution < 1.29 is 4.57 Å². The quantitative estimate of drug-likeness (QED) is 0.610. The van der Waals surface area contributed by atoms with Crippen molar-refractivity contribution >= 4 is 0 Å². The van der Waals surface area contributed by atoms with Gasteiger partial charge < -0.3 is 0 Å². The molecule has 3 rings (SSSR count). The van der Waals surface area contributed by atoms with Crippen molar-refractivity contribution in [1.29, 1.82) is 0 Å². The molecule has 0 N–H and O–H groups in total. The number of aromatic nitrogens is 2. The van der Waals surface area contributed by atoms with Gasteiger partial charge in [0, 0.05) is 29.4 Å². The Labute approximate surface area is 95.6 Å². The molecule has 0 saturated carbocycles. The maximum atomic E-state index is 4.25. The Morgan fingerprint density at radius 2 is 1.88 bits per heavy atom. The van der Waals surface area contributed by atoms with Crippen LogP contribution in [0.5, 0.6) is 0 Å². The molecule has 2 aromatic rings. The van der Waals surface area contributed by atoms with E-state index in [1.165, 1.54) is 22.3 Å². The van der Waals surface area contributed by atoms with Crippen molar-refractivity contribution in [2.75, 3.05) is 0 Å². The Bertz CT molecular complexity index is 571. The number of fused-ring (bicyclic) bond motifs is 3. The van der Waals surface area contributed by atoms with Crippen molar-refractivity contribution in [3.63, 3.8) is 0 Å². The molecule has 0 radical (unpaired) electrons. The molecule has 0 bridgehead atoms. The van der Waals surface area contributed by atoms with Gasteiger partial charge in [-0.25, -0.2) is 4.57 Å². The fraction of sp³-hybridized carbons (Fsp3) is 0.286. The van der Waals surface area contributed by atoms with Crippen molar-refractivity contribution in [2.24, 2.45) is 7.05 Å². The minimum Gasteiger partial charge on any atom is -0.264 e. The van der Waals surface area contributed by atoms with Crippen LogP contribution in [0.15, 0.2) is 36.9 Å². The predicted molar refractivity (Wildman–Crippen MR) is 63.0 cm³/mol. The number of aryl methyl sites for hydroxylation is 1. The van der Waals surface area contributed by atoms with E-state index in [-0.39, 0.29) is 5.41 Å². The summed E-state index contributed by atoms with van der Waals surface area (Å²) < 4.78 is 2.11. The van der Waals surface area contributed by atoms with E-state index in [1.54, 1.807) is 0 Å². The first-order chi connectivity index (χ1) is 7.60. The van der Waals surface area contributed by atoms with Crippen LogP contribution in [-0.4, -0.2) is 4.98 Å². The Kier molecular flexibility index (Phi) is 1.73. The zero-order chi connectivity index (χ0) is 11.3. The van der Waals surface area contributed by atoms with Gasteiger partial charge >= 0.3 is 0 Å². The molecular weight excluding hydrogens is 196 g/mol. The molecule has 1 aliphatic rings.